The highest BCUT2D eigenvalue weighted by molar-refractivity contribution is 7.27. The number of benzene rings is 8. The Kier molecular flexibility index (Phi) is 6.09. The van der Waals surface area contributed by atoms with Gasteiger partial charge in [-0.15, -0.1) is 22.7 Å². The van der Waals surface area contributed by atoms with Crippen molar-refractivity contribution >= 4 is 106 Å². The van der Waals surface area contributed by atoms with Gasteiger partial charge in [0.05, 0.1) is 26.9 Å². The van der Waals surface area contributed by atoms with E-state index in [-0.39, 0.29) is 0 Å². The van der Waals surface area contributed by atoms with Crippen LogP contribution < -0.4 is 0 Å². The fraction of sp³-hybridized carbons (Fsp3) is 0. The quantitative estimate of drug-likeness (QED) is 0.183. The molecule has 0 aliphatic rings. The van der Waals surface area contributed by atoms with Crippen LogP contribution in [0.3, 0.4) is 0 Å². The molecule has 12 aromatic rings. The summed E-state index contributed by atoms with van der Waals surface area (Å²) in [6, 6.07) is 59.2. The van der Waals surface area contributed by atoms with Crippen molar-refractivity contribution in [1.29, 1.82) is 0 Å². The Labute approximate surface area is 311 Å². The molecule has 8 aromatic carbocycles. The van der Waals surface area contributed by atoms with Crippen molar-refractivity contribution in [2.24, 2.45) is 0 Å². The van der Waals surface area contributed by atoms with Gasteiger partial charge in [-0.05, 0) is 47.2 Å². The molecule has 0 saturated heterocycles. The van der Waals surface area contributed by atoms with Crippen molar-refractivity contribution in [3.8, 4) is 28.3 Å². The largest absolute Gasteiger partial charge is 0.309 e. The number of aromatic nitrogens is 3. The third-order valence-electron chi connectivity index (χ3n) is 10.8. The standard InChI is InChI=1S/C48H27N3S2/c1-2-12-30-27-31(22-21-28(30)11-1)48-49-43(47-44(50-48)37-17-7-10-20-40(37)53-47)29-23-25-32(26-24-29)51-38-18-8-5-15-35(38)41-42-36-16-6-9-19-39(36)52-46(42)34-14-4-3-13-33(34)45(41)51/h1-27H. The molecule has 0 N–H and O–H groups in total. The maximum atomic E-state index is 5.33. The first-order valence-electron chi connectivity index (χ1n) is 17.8. The van der Waals surface area contributed by atoms with Crippen LogP contribution in [0.5, 0.6) is 0 Å². The molecule has 0 radical (unpaired) electrons. The molecule has 4 heterocycles. The molecule has 0 fully saturated rings. The van der Waals surface area contributed by atoms with Gasteiger partial charge in [0.2, 0.25) is 0 Å². The molecule has 53 heavy (non-hydrogen) atoms. The third kappa shape index (κ3) is 4.20. The van der Waals surface area contributed by atoms with Crippen molar-refractivity contribution in [3.63, 3.8) is 0 Å². The lowest BCUT2D eigenvalue weighted by Gasteiger charge is -2.12. The minimum Gasteiger partial charge on any atom is -0.309 e. The summed E-state index contributed by atoms with van der Waals surface area (Å²) in [4.78, 5) is 10.5. The molecule has 12 rings (SSSR count). The molecule has 0 bridgehead atoms. The first-order valence-corrected chi connectivity index (χ1v) is 19.5. The fourth-order valence-corrected chi connectivity index (χ4v) is 10.8. The SMILES string of the molecule is c1ccc2cc(-c3nc(-c4ccc(-n5c6ccccc6c6c7c8ccccc8sc7c7ccccc7c65)cc4)c4sc5ccccc5c4n3)ccc2c1. The van der Waals surface area contributed by atoms with Crippen LogP contribution in [0.1, 0.15) is 0 Å². The van der Waals surface area contributed by atoms with Crippen LogP contribution in [-0.2, 0) is 0 Å². The summed E-state index contributed by atoms with van der Waals surface area (Å²) < 4.78 is 7.47. The lowest BCUT2D eigenvalue weighted by Crippen LogP contribution is -1.96. The maximum absolute atomic E-state index is 5.33. The van der Waals surface area contributed by atoms with E-state index in [1.54, 1.807) is 11.3 Å². The van der Waals surface area contributed by atoms with E-state index < -0.39 is 0 Å². The van der Waals surface area contributed by atoms with Crippen LogP contribution in [-0.4, -0.2) is 14.5 Å². The normalized spacial score (nSPS) is 12.2. The second-order valence-corrected chi connectivity index (χ2v) is 15.8. The molecule has 0 unspecified atom stereocenters. The van der Waals surface area contributed by atoms with Gasteiger partial charge < -0.3 is 4.57 Å². The molecule has 4 aromatic heterocycles. The predicted octanol–water partition coefficient (Wildman–Crippen LogP) is 13.9. The van der Waals surface area contributed by atoms with Gasteiger partial charge in [-0.1, -0.05) is 127 Å². The summed E-state index contributed by atoms with van der Waals surface area (Å²) in [5.41, 5.74) is 7.64. The molecule has 5 heteroatoms. The zero-order chi connectivity index (χ0) is 34.6. The zero-order valence-corrected chi connectivity index (χ0v) is 29.9. The lowest BCUT2D eigenvalue weighted by molar-refractivity contribution is 1.18. The van der Waals surface area contributed by atoms with Crippen LogP contribution in [0.25, 0.3) is 112 Å². The van der Waals surface area contributed by atoms with E-state index in [0.29, 0.717) is 0 Å². The number of rotatable bonds is 3. The van der Waals surface area contributed by atoms with Gasteiger partial charge in [0.25, 0.3) is 0 Å². The number of fused-ring (bicyclic) bond motifs is 14. The van der Waals surface area contributed by atoms with E-state index in [0.717, 1.165) is 38.5 Å². The van der Waals surface area contributed by atoms with Crippen molar-refractivity contribution in [2.45, 2.75) is 0 Å². The Morgan fingerprint density at radius 2 is 1.06 bits per heavy atom. The molecule has 0 aliphatic heterocycles. The average Bonchev–Trinajstić information content (AvgIpc) is 3.91. The van der Waals surface area contributed by atoms with Gasteiger partial charge in [-0.25, -0.2) is 9.97 Å². The summed E-state index contributed by atoms with van der Waals surface area (Å²) in [6.45, 7) is 0. The highest BCUT2D eigenvalue weighted by atomic mass is 32.1. The monoisotopic (exact) mass is 709 g/mol. The van der Waals surface area contributed by atoms with Crippen LogP contribution >= 0.6 is 22.7 Å². The summed E-state index contributed by atoms with van der Waals surface area (Å²) in [5, 5.41) is 11.4. The van der Waals surface area contributed by atoms with Gasteiger partial charge in [-0.3, -0.25) is 0 Å². The Morgan fingerprint density at radius 3 is 1.89 bits per heavy atom. The molecule has 0 saturated carbocycles. The Bertz CT molecular complexity index is 3460. The molecular formula is C48H27N3S2. The van der Waals surface area contributed by atoms with Gasteiger partial charge in [-0.2, -0.15) is 0 Å². The van der Waals surface area contributed by atoms with Gasteiger partial charge >= 0.3 is 0 Å². The fourth-order valence-electron chi connectivity index (χ4n) is 8.40. The van der Waals surface area contributed by atoms with Crippen molar-refractivity contribution < 1.29 is 0 Å². The molecule has 0 amide bonds. The summed E-state index contributed by atoms with van der Waals surface area (Å²) in [7, 11) is 0. The van der Waals surface area contributed by atoms with Crippen LogP contribution in [0, 0.1) is 0 Å². The second kappa shape index (κ2) is 11.1. The highest BCUT2D eigenvalue weighted by Crippen LogP contribution is 2.48. The second-order valence-electron chi connectivity index (χ2n) is 13.7. The highest BCUT2D eigenvalue weighted by Gasteiger charge is 2.22. The molecule has 0 aliphatic carbocycles. The molecule has 246 valence electrons. The first-order chi connectivity index (χ1) is 26.3. The van der Waals surface area contributed by atoms with E-state index in [4.69, 9.17) is 9.97 Å². The van der Waals surface area contributed by atoms with E-state index in [1.807, 2.05) is 11.3 Å². The third-order valence-corrected chi connectivity index (χ3v) is 13.1. The topological polar surface area (TPSA) is 30.7 Å². The van der Waals surface area contributed by atoms with Crippen LogP contribution in [0.15, 0.2) is 164 Å². The lowest BCUT2D eigenvalue weighted by atomic mass is 10.00. The first kappa shape index (κ1) is 29.2. The molecular weight excluding hydrogens is 683 g/mol. The Morgan fingerprint density at radius 1 is 0.434 bits per heavy atom. The molecule has 0 spiro atoms. The zero-order valence-electron chi connectivity index (χ0n) is 28.2. The van der Waals surface area contributed by atoms with Crippen molar-refractivity contribution in [2.75, 3.05) is 0 Å². The van der Waals surface area contributed by atoms with E-state index in [1.165, 1.54) is 73.6 Å². The number of thiophene rings is 2. The smallest absolute Gasteiger partial charge is 0.160 e. The van der Waals surface area contributed by atoms with Gasteiger partial charge in [0.1, 0.15) is 0 Å². The Hall–Kier alpha value is -6.40. The summed E-state index contributed by atoms with van der Waals surface area (Å²) >= 11 is 3.67. The maximum Gasteiger partial charge on any atom is 0.160 e. The summed E-state index contributed by atoms with van der Waals surface area (Å²) in [5.74, 6) is 0.742. The Balaban J connectivity index is 1.11. The number of hydrogen-bond acceptors (Lipinski definition) is 4. The minimum atomic E-state index is 0.742. The van der Waals surface area contributed by atoms with Crippen LogP contribution in [0.4, 0.5) is 0 Å². The summed E-state index contributed by atoms with van der Waals surface area (Å²) in [6.07, 6.45) is 0. The van der Waals surface area contributed by atoms with E-state index >= 15 is 0 Å². The van der Waals surface area contributed by atoms with Crippen molar-refractivity contribution in [1.82, 2.24) is 14.5 Å². The average molecular weight is 710 g/mol. The van der Waals surface area contributed by atoms with E-state index in [9.17, 15) is 0 Å². The van der Waals surface area contributed by atoms with Gasteiger partial charge in [0.15, 0.2) is 5.82 Å². The molecule has 0 atom stereocenters. The number of nitrogens with zero attached hydrogens (tertiary/aromatic N) is 3. The van der Waals surface area contributed by atoms with Crippen LogP contribution in [0.2, 0.25) is 0 Å². The van der Waals surface area contributed by atoms with Gasteiger partial charge in [0, 0.05) is 68.6 Å². The predicted molar refractivity (Wildman–Crippen MR) is 228 cm³/mol. The number of hydrogen-bond donors (Lipinski definition) is 0. The minimum absolute atomic E-state index is 0.742. The molecule has 3 nitrogen and oxygen atoms in total. The van der Waals surface area contributed by atoms with Crippen molar-refractivity contribution in [3.05, 3.63) is 164 Å². The van der Waals surface area contributed by atoms with E-state index in [2.05, 4.69) is 168 Å². The number of para-hydroxylation sites is 1.